The molecule has 0 unspecified atom stereocenters. The number of carboxylic acids is 2. The molecular formula is C75H92F2N14O19. The number of imidazole rings is 1. The highest BCUT2D eigenvalue weighted by Gasteiger charge is 2.43. The highest BCUT2D eigenvalue weighted by Crippen LogP contribution is 2.29. The zero-order chi connectivity index (χ0) is 81.3. The van der Waals surface area contributed by atoms with Crippen LogP contribution < -0.4 is 69.4 Å². The van der Waals surface area contributed by atoms with E-state index >= 15 is 8.78 Å². The van der Waals surface area contributed by atoms with Crippen LogP contribution in [0.4, 0.5) is 8.78 Å². The van der Waals surface area contributed by atoms with Crippen LogP contribution in [0.5, 0.6) is 5.75 Å². The zero-order valence-electron chi connectivity index (χ0n) is 61.3. The molecule has 110 heavy (non-hydrogen) atoms. The molecule has 6 aromatic rings. The summed E-state index contributed by atoms with van der Waals surface area (Å²) in [7, 11) is 1.54. The van der Waals surface area contributed by atoms with Crippen molar-refractivity contribution in [2.45, 2.75) is 165 Å². The molecule has 0 saturated heterocycles. The molecule has 0 saturated carbocycles. The number of ether oxygens (including phenoxy) is 1. The number of primary amides is 1. The first kappa shape index (κ1) is 86.8. The maximum Gasteiger partial charge on any atom is 0.305 e. The predicted molar refractivity (Wildman–Crippen MR) is 392 cm³/mol. The second-order valence-electron chi connectivity index (χ2n) is 26.4. The Morgan fingerprint density at radius 3 is 1.71 bits per heavy atom. The second-order valence-corrected chi connectivity index (χ2v) is 26.4. The second kappa shape index (κ2) is 40.8. The number of nitrogens with zero attached hydrogens (tertiary/aromatic N) is 1. The lowest BCUT2D eigenvalue weighted by atomic mass is 9.89. The minimum atomic E-state index is -2.68. The number of amides is 11. The van der Waals surface area contributed by atoms with Crippen LogP contribution >= 0.6 is 0 Å². The summed E-state index contributed by atoms with van der Waals surface area (Å²) < 4.78 is 36.4. The van der Waals surface area contributed by atoms with Gasteiger partial charge in [0.15, 0.2) is 0 Å². The molecular weight excluding hydrogens is 1440 g/mol. The third-order valence-corrected chi connectivity index (χ3v) is 17.8. The molecule has 1 aromatic heterocycles. The number of aliphatic hydroxyl groups is 3. The summed E-state index contributed by atoms with van der Waals surface area (Å²) in [6, 6.07) is 14.0. The van der Waals surface area contributed by atoms with Gasteiger partial charge < -0.3 is 99.9 Å². The number of H-pyrrole nitrogens is 1. The molecule has 0 spiro atoms. The van der Waals surface area contributed by atoms with Gasteiger partial charge in [-0.1, -0.05) is 91.9 Å². The molecule has 0 radical (unpaired) electrons. The summed E-state index contributed by atoms with van der Waals surface area (Å²) in [6.07, 6.45) is -4.44. The Bertz CT molecular complexity index is 4260. The van der Waals surface area contributed by atoms with Crippen molar-refractivity contribution in [1.82, 2.24) is 63.1 Å². The first-order chi connectivity index (χ1) is 52.0. The Balaban J connectivity index is 1.18. The molecule has 0 aliphatic carbocycles. The molecule has 20 N–H and O–H groups in total. The van der Waals surface area contributed by atoms with E-state index in [2.05, 4.69) is 63.1 Å². The Labute approximate surface area is 630 Å². The van der Waals surface area contributed by atoms with Gasteiger partial charge >= 0.3 is 11.9 Å². The zero-order valence-corrected chi connectivity index (χ0v) is 61.3. The van der Waals surface area contributed by atoms with E-state index in [-0.39, 0.29) is 19.3 Å². The minimum absolute atomic E-state index is 0.00476. The van der Waals surface area contributed by atoms with Crippen LogP contribution in [0, 0.1) is 18.6 Å². The topological polar surface area (TPSA) is 533 Å². The highest BCUT2D eigenvalue weighted by atomic mass is 19.1. The average molecular weight is 1530 g/mol. The summed E-state index contributed by atoms with van der Waals surface area (Å²) in [6.45, 7) is 5.59. The maximum atomic E-state index is 15.5. The SMILES string of the molecule is CCc1cc(OC)ccc1-c1ccc(C[C@H](NC(=O)[C@H](CC(=O)O)NC(=O)[C@H](CO)NC(=O)[C@@H](NC(=O)[C@](C)(Cc2c(F)cccc2F)NC(=O)[C@@H](NC(=O)CNC(=O)[C@H](CCC(=O)O)NC(=O)[C@@H](C)NC(=O)[C@@H](N)Cc2cnc[nH]2)[C@@H](C)O)[C@@H](C)O)C(=O)N[C@@H](Cc2ccc(-c3ccccc3C)cc2)C(N)=O)cc1. The largest absolute Gasteiger partial charge is 0.497 e. The summed E-state index contributed by atoms with van der Waals surface area (Å²) in [4.78, 5) is 183. The maximum absolute atomic E-state index is 15.5. The monoisotopic (exact) mass is 1530 g/mol. The Hall–Kier alpha value is -12.1. The van der Waals surface area contributed by atoms with E-state index in [1.165, 1.54) is 26.6 Å². The Morgan fingerprint density at radius 1 is 0.600 bits per heavy atom. The first-order valence-electron chi connectivity index (χ1n) is 34.8. The molecule has 1 heterocycles. The lowest BCUT2D eigenvalue weighted by molar-refractivity contribution is -0.142. The number of nitrogens with one attached hydrogen (secondary N) is 11. The third-order valence-electron chi connectivity index (χ3n) is 17.8. The molecule has 33 nitrogen and oxygen atoms in total. The number of hydrogen-bond acceptors (Lipinski definition) is 19. The van der Waals surface area contributed by atoms with E-state index in [1.54, 1.807) is 42.5 Å². The van der Waals surface area contributed by atoms with Crippen LogP contribution in [0.2, 0.25) is 0 Å². The molecule has 0 aliphatic heterocycles. The number of aromatic nitrogens is 2. The smallest absolute Gasteiger partial charge is 0.305 e. The van der Waals surface area contributed by atoms with Gasteiger partial charge in [-0.3, -0.25) is 62.3 Å². The van der Waals surface area contributed by atoms with Crippen molar-refractivity contribution in [3.63, 3.8) is 0 Å². The molecule has 0 fully saturated rings. The molecule has 5 aromatic carbocycles. The Morgan fingerprint density at radius 2 is 1.15 bits per heavy atom. The number of aryl methyl sites for hydroxylation is 2. The average Bonchev–Trinajstić information content (AvgIpc) is 0.860. The van der Waals surface area contributed by atoms with Crippen LogP contribution in [-0.2, 0) is 94.4 Å². The van der Waals surface area contributed by atoms with Crippen LogP contribution in [0.3, 0.4) is 0 Å². The van der Waals surface area contributed by atoms with Gasteiger partial charge in [0.05, 0.1) is 51.3 Å². The van der Waals surface area contributed by atoms with Crippen LogP contribution in [-0.4, -0.2) is 205 Å². The standard InChI is InChI=1S/C75H92F2N14O19/c1-8-44-30-48(110-7)24-25-50(44)46-22-18-43(19-23-46)29-57(69(104)85-56(65(79)100)28-42-16-20-45(21-17-42)49-13-10-9-12-38(49)2)86-70(105)58(32-62(98)99)87-71(106)59(36-92)88-72(107)63(40(4)93)90-74(109)75(6,33-51-52(76)14-11-15-53(51)77)91-73(108)64(41(5)94)89-60(95)35-81-68(103)55(26-27-61(96)97)84-66(101)39(3)83-67(102)54(78)31-47-34-80-37-82-47/h9-25,30,34,37,39-41,54-59,63-64,92-94H,8,26-29,31-33,35-36,78H2,1-7H3,(H2,79,100)(H,80,82)(H,81,103)(H,83,102)(H,84,101)(H,85,104)(H,86,105)(H,87,106)(H,88,107)(H,89,95)(H,90,109)(H,91,108)(H,96,97)(H,98,99)/t39-,40-,41-,54+,55+,56+,57+,58+,59+,63+,64+,75+/m1/s1. The number of carbonyl (C=O) groups excluding carboxylic acids is 11. The number of nitrogens with two attached hydrogens (primary N) is 2. The van der Waals surface area contributed by atoms with Gasteiger partial charge in [-0.2, -0.15) is 0 Å². The number of rotatable bonds is 41. The summed E-state index contributed by atoms with van der Waals surface area (Å²) in [5.74, 6) is -18.3. The van der Waals surface area contributed by atoms with Crippen LogP contribution in [0.1, 0.15) is 87.4 Å². The van der Waals surface area contributed by atoms with Gasteiger partial charge in [0, 0.05) is 49.6 Å². The van der Waals surface area contributed by atoms with Gasteiger partial charge in [0.25, 0.3) is 0 Å². The quantitative estimate of drug-likeness (QED) is 0.0218. The van der Waals surface area contributed by atoms with Crippen molar-refractivity contribution < 1.29 is 101 Å². The highest BCUT2D eigenvalue weighted by molar-refractivity contribution is 6.00. The van der Waals surface area contributed by atoms with Crippen molar-refractivity contribution in [2.75, 3.05) is 20.3 Å². The molecule has 35 heteroatoms. The van der Waals surface area contributed by atoms with E-state index in [0.717, 1.165) is 72.4 Å². The number of aliphatic hydroxyl groups excluding tert-OH is 3. The number of halogens is 2. The number of hydrogen-bond donors (Lipinski definition) is 18. The lowest BCUT2D eigenvalue weighted by Crippen LogP contribution is -2.67. The lowest BCUT2D eigenvalue weighted by Gasteiger charge is -2.34. The number of aromatic amines is 1. The normalized spacial score (nSPS) is 14.7. The number of carbonyl (C=O) groups is 13. The molecule has 6 rings (SSSR count). The number of carboxylic acid groups (broad SMARTS) is 2. The summed E-state index contributed by atoms with van der Waals surface area (Å²) in [5.41, 5.74) is 15.2. The molecule has 12 atom stereocenters. The van der Waals surface area contributed by atoms with E-state index in [1.807, 2.05) is 62.4 Å². The van der Waals surface area contributed by atoms with Gasteiger partial charge in [0.1, 0.15) is 71.3 Å². The van der Waals surface area contributed by atoms with Crippen molar-refractivity contribution in [1.29, 1.82) is 0 Å². The van der Waals surface area contributed by atoms with Crippen molar-refractivity contribution in [3.8, 4) is 28.0 Å². The molecule has 11 amide bonds. The van der Waals surface area contributed by atoms with Crippen molar-refractivity contribution >= 4 is 76.9 Å². The van der Waals surface area contributed by atoms with Gasteiger partial charge in [0.2, 0.25) is 65.0 Å². The van der Waals surface area contributed by atoms with Crippen LogP contribution in [0.25, 0.3) is 22.3 Å². The van der Waals surface area contributed by atoms with E-state index in [4.69, 9.17) is 16.2 Å². The minimum Gasteiger partial charge on any atom is -0.497 e. The van der Waals surface area contributed by atoms with E-state index in [9.17, 15) is 87.9 Å². The molecule has 590 valence electrons. The fourth-order valence-electron chi connectivity index (χ4n) is 11.5. The first-order valence-corrected chi connectivity index (χ1v) is 34.8. The van der Waals surface area contributed by atoms with E-state index in [0.29, 0.717) is 29.0 Å². The van der Waals surface area contributed by atoms with Crippen LogP contribution in [0.15, 0.2) is 122 Å². The van der Waals surface area contributed by atoms with Gasteiger partial charge in [-0.25, -0.2) is 13.8 Å². The van der Waals surface area contributed by atoms with Gasteiger partial charge in [-0.05, 0) is 116 Å². The molecule has 0 aliphatic rings. The fraction of sp³-hybridized carbons (Fsp3) is 0.387. The number of aliphatic carboxylic acids is 2. The summed E-state index contributed by atoms with van der Waals surface area (Å²) in [5, 5.41) is 74.5. The van der Waals surface area contributed by atoms with Gasteiger partial charge in [-0.15, -0.1) is 0 Å². The predicted octanol–water partition coefficient (Wildman–Crippen LogP) is -1.03. The summed E-state index contributed by atoms with van der Waals surface area (Å²) >= 11 is 0. The molecule has 0 bridgehead atoms. The Kier molecular flexibility index (Phi) is 32.2. The fourth-order valence-corrected chi connectivity index (χ4v) is 11.5. The third kappa shape index (κ3) is 25.3. The number of methoxy groups -OCH3 is 1. The van der Waals surface area contributed by atoms with E-state index < -0.39 is 205 Å². The van der Waals surface area contributed by atoms with Crippen molar-refractivity contribution in [2.24, 2.45) is 11.5 Å². The number of benzene rings is 5. The van der Waals surface area contributed by atoms with Crippen molar-refractivity contribution in [3.05, 3.63) is 167 Å².